The zero-order valence-corrected chi connectivity index (χ0v) is 11.3. The SMILES string of the molecule is CCCC(C)(O)CNc1ncc(C(=O)O)cc1[N+](=O)[O-]. The summed E-state index contributed by atoms with van der Waals surface area (Å²) in [6.45, 7) is 3.61. The fourth-order valence-corrected chi connectivity index (χ4v) is 1.75. The average molecular weight is 283 g/mol. The summed E-state index contributed by atoms with van der Waals surface area (Å²) in [6.07, 6.45) is 2.33. The van der Waals surface area contributed by atoms with Crippen LogP contribution in [0.5, 0.6) is 0 Å². The zero-order chi connectivity index (χ0) is 15.3. The van der Waals surface area contributed by atoms with Gasteiger partial charge in [-0.05, 0) is 13.3 Å². The molecule has 0 aliphatic heterocycles. The molecule has 0 aliphatic carbocycles. The average Bonchev–Trinajstić information content (AvgIpc) is 2.36. The smallest absolute Gasteiger partial charge is 0.337 e. The van der Waals surface area contributed by atoms with Crippen LogP contribution in [0, 0.1) is 10.1 Å². The molecule has 0 radical (unpaired) electrons. The van der Waals surface area contributed by atoms with E-state index in [0.717, 1.165) is 18.7 Å². The van der Waals surface area contributed by atoms with Gasteiger partial charge in [0.25, 0.3) is 0 Å². The van der Waals surface area contributed by atoms with Crippen molar-refractivity contribution in [3.05, 3.63) is 27.9 Å². The fourth-order valence-electron chi connectivity index (χ4n) is 1.75. The van der Waals surface area contributed by atoms with Gasteiger partial charge in [-0.1, -0.05) is 13.3 Å². The first-order valence-corrected chi connectivity index (χ1v) is 6.11. The van der Waals surface area contributed by atoms with Crippen LogP contribution in [0.25, 0.3) is 0 Å². The maximum atomic E-state index is 10.9. The minimum absolute atomic E-state index is 0.0589. The first-order chi connectivity index (χ1) is 9.26. The maximum absolute atomic E-state index is 10.9. The second kappa shape index (κ2) is 6.29. The van der Waals surface area contributed by atoms with Gasteiger partial charge in [-0.25, -0.2) is 9.78 Å². The highest BCUT2D eigenvalue weighted by Crippen LogP contribution is 2.24. The number of carboxylic acids is 1. The highest BCUT2D eigenvalue weighted by Gasteiger charge is 2.23. The molecule has 1 unspecified atom stereocenters. The van der Waals surface area contributed by atoms with Gasteiger partial charge < -0.3 is 15.5 Å². The lowest BCUT2D eigenvalue weighted by molar-refractivity contribution is -0.384. The molecule has 8 heteroatoms. The number of pyridine rings is 1. The monoisotopic (exact) mass is 283 g/mol. The Labute approximate surface area is 115 Å². The highest BCUT2D eigenvalue weighted by molar-refractivity contribution is 5.88. The summed E-state index contributed by atoms with van der Waals surface area (Å²) in [5.74, 6) is -1.35. The van der Waals surface area contributed by atoms with Crippen molar-refractivity contribution in [1.82, 2.24) is 4.98 Å². The van der Waals surface area contributed by atoms with Gasteiger partial charge in [0.15, 0.2) is 0 Å². The summed E-state index contributed by atoms with van der Waals surface area (Å²) in [4.78, 5) is 24.7. The van der Waals surface area contributed by atoms with Gasteiger partial charge in [0.1, 0.15) is 0 Å². The number of carbonyl (C=O) groups is 1. The molecule has 0 aliphatic rings. The Bertz CT molecular complexity index is 516. The molecule has 0 bridgehead atoms. The van der Waals surface area contributed by atoms with Crippen LogP contribution in [-0.2, 0) is 0 Å². The molecule has 1 aromatic heterocycles. The standard InChI is InChI=1S/C12H17N3O5/c1-3-4-12(2,18)7-14-10-9(15(19)20)5-8(6-13-10)11(16)17/h5-6,18H,3-4,7H2,1-2H3,(H,13,14)(H,16,17). The number of aromatic nitrogens is 1. The molecule has 0 amide bonds. The van der Waals surface area contributed by atoms with Crippen molar-refractivity contribution in [2.24, 2.45) is 0 Å². The number of carboxylic acid groups (broad SMARTS) is 1. The molecule has 1 heterocycles. The highest BCUT2D eigenvalue weighted by atomic mass is 16.6. The Balaban J connectivity index is 2.95. The van der Waals surface area contributed by atoms with Crippen molar-refractivity contribution in [3.8, 4) is 0 Å². The van der Waals surface area contributed by atoms with Crippen molar-refractivity contribution in [2.45, 2.75) is 32.3 Å². The van der Waals surface area contributed by atoms with Crippen LogP contribution in [0.1, 0.15) is 37.0 Å². The number of nitrogens with one attached hydrogen (secondary N) is 1. The number of nitrogens with zero attached hydrogens (tertiary/aromatic N) is 2. The van der Waals surface area contributed by atoms with E-state index in [0.29, 0.717) is 6.42 Å². The van der Waals surface area contributed by atoms with E-state index in [1.807, 2.05) is 6.92 Å². The van der Waals surface area contributed by atoms with Crippen LogP contribution in [-0.4, -0.2) is 38.2 Å². The van der Waals surface area contributed by atoms with E-state index >= 15 is 0 Å². The predicted octanol–water partition coefficient (Wildman–Crippen LogP) is 1.65. The van der Waals surface area contributed by atoms with Crippen LogP contribution < -0.4 is 5.32 Å². The lowest BCUT2D eigenvalue weighted by Crippen LogP contribution is -2.33. The number of hydrogen-bond acceptors (Lipinski definition) is 6. The molecule has 20 heavy (non-hydrogen) atoms. The summed E-state index contributed by atoms with van der Waals surface area (Å²) in [5.41, 5.74) is -1.71. The Hall–Kier alpha value is -2.22. The van der Waals surface area contributed by atoms with Crippen LogP contribution in [0.4, 0.5) is 11.5 Å². The second-order valence-corrected chi connectivity index (χ2v) is 4.75. The summed E-state index contributed by atoms with van der Waals surface area (Å²) in [5, 5.41) is 32.4. The summed E-state index contributed by atoms with van der Waals surface area (Å²) >= 11 is 0. The lowest BCUT2D eigenvalue weighted by Gasteiger charge is -2.23. The maximum Gasteiger partial charge on any atom is 0.337 e. The van der Waals surface area contributed by atoms with E-state index in [1.165, 1.54) is 0 Å². The van der Waals surface area contributed by atoms with Gasteiger partial charge in [0, 0.05) is 18.8 Å². The normalized spacial score (nSPS) is 13.6. The topological polar surface area (TPSA) is 126 Å². The van der Waals surface area contributed by atoms with Gasteiger partial charge in [-0.3, -0.25) is 10.1 Å². The minimum atomic E-state index is -1.29. The van der Waals surface area contributed by atoms with Crippen molar-refractivity contribution in [1.29, 1.82) is 0 Å². The van der Waals surface area contributed by atoms with Crippen molar-refractivity contribution in [2.75, 3.05) is 11.9 Å². The number of aromatic carboxylic acids is 1. The van der Waals surface area contributed by atoms with Crippen molar-refractivity contribution in [3.63, 3.8) is 0 Å². The second-order valence-electron chi connectivity index (χ2n) is 4.75. The fraction of sp³-hybridized carbons (Fsp3) is 0.500. The van der Waals surface area contributed by atoms with E-state index in [-0.39, 0.29) is 17.9 Å². The van der Waals surface area contributed by atoms with Gasteiger partial charge in [0.05, 0.1) is 16.1 Å². The third-order valence-electron chi connectivity index (χ3n) is 2.74. The van der Waals surface area contributed by atoms with E-state index in [2.05, 4.69) is 10.3 Å². The molecule has 1 atom stereocenters. The number of anilines is 1. The molecule has 0 fully saturated rings. The molecule has 0 saturated carbocycles. The van der Waals surface area contributed by atoms with Crippen LogP contribution in [0.15, 0.2) is 12.3 Å². The number of rotatable bonds is 7. The quantitative estimate of drug-likeness (QED) is 0.513. The van der Waals surface area contributed by atoms with Crippen molar-refractivity contribution >= 4 is 17.5 Å². The van der Waals surface area contributed by atoms with E-state index in [9.17, 15) is 20.0 Å². The molecule has 8 nitrogen and oxygen atoms in total. The first-order valence-electron chi connectivity index (χ1n) is 6.11. The molecule has 0 aromatic carbocycles. The summed E-state index contributed by atoms with van der Waals surface area (Å²) in [7, 11) is 0. The number of hydrogen-bond donors (Lipinski definition) is 3. The van der Waals surface area contributed by atoms with E-state index in [1.54, 1.807) is 6.92 Å². The number of aliphatic hydroxyl groups is 1. The molecule has 0 spiro atoms. The van der Waals surface area contributed by atoms with Gasteiger partial charge in [-0.2, -0.15) is 0 Å². The zero-order valence-electron chi connectivity index (χ0n) is 11.3. The van der Waals surface area contributed by atoms with Gasteiger partial charge >= 0.3 is 11.7 Å². The Morgan fingerprint density at radius 3 is 2.75 bits per heavy atom. The van der Waals surface area contributed by atoms with Gasteiger partial charge in [-0.15, -0.1) is 0 Å². The largest absolute Gasteiger partial charge is 0.478 e. The van der Waals surface area contributed by atoms with E-state index in [4.69, 9.17) is 5.11 Å². The Kier molecular flexibility index (Phi) is 4.98. The van der Waals surface area contributed by atoms with Gasteiger partial charge in [0.2, 0.25) is 5.82 Å². The molecule has 110 valence electrons. The summed E-state index contributed by atoms with van der Waals surface area (Å²) < 4.78 is 0. The first kappa shape index (κ1) is 15.8. The van der Waals surface area contributed by atoms with Crippen LogP contribution >= 0.6 is 0 Å². The molecule has 3 N–H and O–H groups in total. The predicted molar refractivity (Wildman–Crippen MR) is 71.9 cm³/mol. The van der Waals surface area contributed by atoms with Crippen molar-refractivity contribution < 1.29 is 19.9 Å². The van der Waals surface area contributed by atoms with E-state index < -0.39 is 22.2 Å². The third kappa shape index (κ3) is 4.16. The Morgan fingerprint density at radius 2 is 2.25 bits per heavy atom. The molecule has 0 saturated heterocycles. The molecular weight excluding hydrogens is 266 g/mol. The lowest BCUT2D eigenvalue weighted by atomic mass is 10.0. The minimum Gasteiger partial charge on any atom is -0.478 e. The molecular formula is C12H17N3O5. The van der Waals surface area contributed by atoms with Crippen LogP contribution in [0.3, 0.4) is 0 Å². The third-order valence-corrected chi connectivity index (χ3v) is 2.74. The van der Waals surface area contributed by atoms with Crippen LogP contribution in [0.2, 0.25) is 0 Å². The molecule has 1 rings (SSSR count). The Morgan fingerprint density at radius 1 is 1.60 bits per heavy atom. The number of nitro groups is 1. The summed E-state index contributed by atoms with van der Waals surface area (Å²) in [6, 6.07) is 0.937. The molecule has 1 aromatic rings.